The van der Waals surface area contributed by atoms with E-state index >= 15 is 0 Å². The van der Waals surface area contributed by atoms with Crippen LogP contribution in [0.25, 0.3) is 0 Å². The van der Waals surface area contributed by atoms with E-state index in [4.69, 9.17) is 20.9 Å². The standard InChI is InChI=1S/C13H19N3O3/c1-18-11-6-4-10(5-7-11)12(17)19-9-3-2-8-16-13(14)15/h4-7H,2-3,8-9H2,1H3,(H4,14,15,16). The highest BCUT2D eigenvalue weighted by molar-refractivity contribution is 5.89. The molecule has 1 aromatic carbocycles. The second kappa shape index (κ2) is 7.97. The van der Waals surface area contributed by atoms with Crippen LogP contribution < -0.4 is 16.2 Å². The maximum absolute atomic E-state index is 11.7. The van der Waals surface area contributed by atoms with E-state index in [1.54, 1.807) is 31.4 Å². The Balaban J connectivity index is 2.25. The van der Waals surface area contributed by atoms with Crippen LogP contribution in [0.15, 0.2) is 29.3 Å². The summed E-state index contributed by atoms with van der Waals surface area (Å²) in [6.07, 6.45) is 1.49. The molecule has 1 rings (SSSR count). The fourth-order valence-corrected chi connectivity index (χ4v) is 1.40. The molecule has 0 saturated carbocycles. The van der Waals surface area contributed by atoms with Gasteiger partial charge in [0.25, 0.3) is 0 Å². The van der Waals surface area contributed by atoms with Crippen LogP contribution >= 0.6 is 0 Å². The average molecular weight is 265 g/mol. The summed E-state index contributed by atoms with van der Waals surface area (Å²) >= 11 is 0. The molecule has 19 heavy (non-hydrogen) atoms. The Morgan fingerprint density at radius 2 is 1.89 bits per heavy atom. The molecule has 0 bridgehead atoms. The van der Waals surface area contributed by atoms with E-state index in [0.29, 0.717) is 24.5 Å². The van der Waals surface area contributed by atoms with Crippen molar-refractivity contribution in [2.45, 2.75) is 12.8 Å². The summed E-state index contributed by atoms with van der Waals surface area (Å²) < 4.78 is 10.1. The van der Waals surface area contributed by atoms with Gasteiger partial charge in [-0.3, -0.25) is 4.99 Å². The number of guanidine groups is 1. The molecule has 104 valence electrons. The lowest BCUT2D eigenvalue weighted by Gasteiger charge is -2.05. The molecule has 0 aliphatic heterocycles. The van der Waals surface area contributed by atoms with Crippen LogP contribution in [0.2, 0.25) is 0 Å². The van der Waals surface area contributed by atoms with Crippen LogP contribution in [0.3, 0.4) is 0 Å². The number of carbonyl (C=O) groups is 1. The molecule has 0 radical (unpaired) electrons. The van der Waals surface area contributed by atoms with E-state index in [1.165, 1.54) is 0 Å². The number of ether oxygens (including phenoxy) is 2. The second-order valence-corrected chi connectivity index (χ2v) is 3.88. The van der Waals surface area contributed by atoms with E-state index in [0.717, 1.165) is 12.8 Å². The molecule has 6 heteroatoms. The minimum absolute atomic E-state index is 0.0789. The predicted octanol–water partition coefficient (Wildman–Crippen LogP) is 0.906. The number of methoxy groups -OCH3 is 1. The number of hydrogen-bond acceptors (Lipinski definition) is 4. The van der Waals surface area contributed by atoms with Gasteiger partial charge in [-0.15, -0.1) is 0 Å². The maximum atomic E-state index is 11.7. The quantitative estimate of drug-likeness (QED) is 0.330. The molecular formula is C13H19N3O3. The molecular weight excluding hydrogens is 246 g/mol. The minimum Gasteiger partial charge on any atom is -0.497 e. The Morgan fingerprint density at radius 1 is 1.21 bits per heavy atom. The molecule has 4 N–H and O–H groups in total. The van der Waals surface area contributed by atoms with Crippen LogP contribution in [0.4, 0.5) is 0 Å². The zero-order chi connectivity index (χ0) is 14.1. The van der Waals surface area contributed by atoms with Crippen molar-refractivity contribution in [1.29, 1.82) is 0 Å². The van der Waals surface area contributed by atoms with Crippen molar-refractivity contribution in [3.05, 3.63) is 29.8 Å². The Bertz CT molecular complexity index is 425. The topological polar surface area (TPSA) is 99.9 Å². The maximum Gasteiger partial charge on any atom is 0.338 e. The first kappa shape index (κ1) is 14.8. The van der Waals surface area contributed by atoms with Crippen molar-refractivity contribution >= 4 is 11.9 Å². The number of carbonyl (C=O) groups excluding carboxylic acids is 1. The SMILES string of the molecule is COc1ccc(C(=O)OCCCCN=C(N)N)cc1. The van der Waals surface area contributed by atoms with Gasteiger partial charge in [-0.1, -0.05) is 0 Å². The third kappa shape index (κ3) is 5.76. The predicted molar refractivity (Wildman–Crippen MR) is 73.2 cm³/mol. The third-order valence-electron chi connectivity index (χ3n) is 2.41. The van der Waals surface area contributed by atoms with E-state index in [1.807, 2.05) is 0 Å². The summed E-state index contributed by atoms with van der Waals surface area (Å²) in [5, 5.41) is 0. The second-order valence-electron chi connectivity index (χ2n) is 3.88. The molecule has 6 nitrogen and oxygen atoms in total. The smallest absolute Gasteiger partial charge is 0.338 e. The normalized spacial score (nSPS) is 9.74. The summed E-state index contributed by atoms with van der Waals surface area (Å²) in [6, 6.07) is 6.77. The van der Waals surface area contributed by atoms with Crippen molar-refractivity contribution in [3.8, 4) is 5.75 Å². The fraction of sp³-hybridized carbons (Fsp3) is 0.385. The molecule has 0 fully saturated rings. The van der Waals surface area contributed by atoms with E-state index in [-0.39, 0.29) is 11.9 Å². The van der Waals surface area contributed by atoms with Gasteiger partial charge < -0.3 is 20.9 Å². The van der Waals surface area contributed by atoms with Crippen LogP contribution in [-0.2, 0) is 4.74 Å². The first-order chi connectivity index (χ1) is 9.13. The third-order valence-corrected chi connectivity index (χ3v) is 2.41. The van der Waals surface area contributed by atoms with Crippen LogP contribution in [0.5, 0.6) is 5.75 Å². The van der Waals surface area contributed by atoms with E-state index in [9.17, 15) is 4.79 Å². The van der Waals surface area contributed by atoms with Crippen molar-refractivity contribution in [2.75, 3.05) is 20.3 Å². The monoisotopic (exact) mass is 265 g/mol. The van der Waals surface area contributed by atoms with Crippen LogP contribution in [0.1, 0.15) is 23.2 Å². The molecule has 0 atom stereocenters. The Hall–Kier alpha value is -2.24. The summed E-state index contributed by atoms with van der Waals surface area (Å²) in [5.41, 5.74) is 10.9. The van der Waals surface area contributed by atoms with Crippen LogP contribution in [-0.4, -0.2) is 32.2 Å². The fourth-order valence-electron chi connectivity index (χ4n) is 1.40. The number of rotatable bonds is 7. The Kier molecular flexibility index (Phi) is 6.21. The highest BCUT2D eigenvalue weighted by Crippen LogP contribution is 2.12. The van der Waals surface area contributed by atoms with Gasteiger partial charge in [0.15, 0.2) is 5.96 Å². The van der Waals surface area contributed by atoms with Gasteiger partial charge in [-0.2, -0.15) is 0 Å². The largest absolute Gasteiger partial charge is 0.497 e. The Labute approximate surface area is 112 Å². The zero-order valence-corrected chi connectivity index (χ0v) is 11.0. The number of aliphatic imine (C=N–C) groups is 1. The van der Waals surface area contributed by atoms with Crippen molar-refractivity contribution < 1.29 is 14.3 Å². The zero-order valence-electron chi connectivity index (χ0n) is 11.0. The summed E-state index contributed by atoms with van der Waals surface area (Å²) in [6.45, 7) is 0.896. The highest BCUT2D eigenvalue weighted by Gasteiger charge is 2.06. The van der Waals surface area contributed by atoms with E-state index < -0.39 is 0 Å². The first-order valence-corrected chi connectivity index (χ1v) is 6.00. The molecule has 0 saturated heterocycles. The van der Waals surface area contributed by atoms with Crippen molar-refractivity contribution in [2.24, 2.45) is 16.5 Å². The van der Waals surface area contributed by atoms with Gasteiger partial charge in [0.05, 0.1) is 19.3 Å². The number of nitrogens with zero attached hydrogens (tertiary/aromatic N) is 1. The lowest BCUT2D eigenvalue weighted by atomic mass is 10.2. The summed E-state index contributed by atoms with van der Waals surface area (Å²) in [5.74, 6) is 0.438. The number of unbranched alkanes of at least 4 members (excludes halogenated alkanes) is 1. The van der Waals surface area contributed by atoms with Crippen molar-refractivity contribution in [1.82, 2.24) is 0 Å². The molecule has 0 aromatic heterocycles. The minimum atomic E-state index is -0.343. The number of esters is 1. The molecule has 0 unspecified atom stereocenters. The van der Waals surface area contributed by atoms with Crippen LogP contribution in [0, 0.1) is 0 Å². The number of nitrogens with two attached hydrogens (primary N) is 2. The molecule has 0 amide bonds. The molecule has 0 aliphatic rings. The van der Waals surface area contributed by atoms with Gasteiger partial charge in [-0.25, -0.2) is 4.79 Å². The molecule has 0 spiro atoms. The first-order valence-electron chi connectivity index (χ1n) is 6.00. The van der Waals surface area contributed by atoms with Gasteiger partial charge in [0.1, 0.15) is 5.75 Å². The van der Waals surface area contributed by atoms with Gasteiger partial charge in [-0.05, 0) is 37.1 Å². The highest BCUT2D eigenvalue weighted by atomic mass is 16.5. The van der Waals surface area contributed by atoms with Crippen molar-refractivity contribution in [3.63, 3.8) is 0 Å². The number of benzene rings is 1. The summed E-state index contributed by atoms with van der Waals surface area (Å²) in [4.78, 5) is 15.5. The average Bonchev–Trinajstić information content (AvgIpc) is 2.42. The molecule has 0 heterocycles. The van der Waals surface area contributed by atoms with E-state index in [2.05, 4.69) is 4.99 Å². The lowest BCUT2D eigenvalue weighted by molar-refractivity contribution is 0.0499. The number of hydrogen-bond donors (Lipinski definition) is 2. The molecule has 1 aromatic rings. The Morgan fingerprint density at radius 3 is 2.47 bits per heavy atom. The van der Waals surface area contributed by atoms with Gasteiger partial charge in [0.2, 0.25) is 0 Å². The lowest BCUT2D eigenvalue weighted by Crippen LogP contribution is -2.23. The summed E-state index contributed by atoms with van der Waals surface area (Å²) in [7, 11) is 1.57. The van der Waals surface area contributed by atoms with Gasteiger partial charge in [0, 0.05) is 6.54 Å². The van der Waals surface area contributed by atoms with Gasteiger partial charge >= 0.3 is 5.97 Å². The molecule has 0 aliphatic carbocycles.